The Balaban J connectivity index is 0.00000104. The van der Waals surface area contributed by atoms with E-state index in [0.717, 1.165) is 48.4 Å². The molecule has 0 bridgehead atoms. The fourth-order valence-corrected chi connectivity index (χ4v) is 6.19. The molecule has 2 aromatic rings. The number of hydrogen-bond acceptors (Lipinski definition) is 5. The number of aryl methyl sites for hydroxylation is 1. The van der Waals surface area contributed by atoms with Crippen LogP contribution in [0, 0.1) is 6.92 Å². The van der Waals surface area contributed by atoms with Gasteiger partial charge in [0, 0.05) is 18.2 Å². The lowest BCUT2D eigenvalue weighted by atomic mass is 9.93. The fraction of sp³-hybridized carbons (Fsp3) is 0.622. The van der Waals surface area contributed by atoms with Crippen molar-refractivity contribution in [1.29, 1.82) is 0 Å². The van der Waals surface area contributed by atoms with E-state index in [4.69, 9.17) is 4.74 Å². The van der Waals surface area contributed by atoms with Gasteiger partial charge >= 0.3 is 5.97 Å². The smallest absolute Gasteiger partial charge is 0.326 e. The van der Waals surface area contributed by atoms with Gasteiger partial charge in [0.25, 0.3) is 5.91 Å². The minimum Gasteiger partial charge on any atom is -0.480 e. The van der Waals surface area contributed by atoms with E-state index < -0.39 is 12.0 Å². The SMILES string of the molecule is CC.CCCC.CSCCC(NC(=O)c1ccc(CN2CCC[C@H]2COC2CCCCC2)cc1-c1ccccc1C)C(=O)O. The van der Waals surface area contributed by atoms with Gasteiger partial charge in [-0.15, -0.1) is 0 Å². The van der Waals surface area contributed by atoms with Crippen LogP contribution in [0.5, 0.6) is 0 Å². The van der Waals surface area contributed by atoms with E-state index in [-0.39, 0.29) is 5.91 Å². The van der Waals surface area contributed by atoms with Gasteiger partial charge in [0.15, 0.2) is 0 Å². The third kappa shape index (κ3) is 12.2. The molecular weight excluding hydrogens is 568 g/mol. The van der Waals surface area contributed by atoms with E-state index >= 15 is 0 Å². The average Bonchev–Trinajstić information content (AvgIpc) is 3.50. The molecule has 1 saturated carbocycles. The molecular formula is C37H58N2O4S. The molecule has 6 nitrogen and oxygen atoms in total. The molecule has 1 unspecified atom stereocenters. The maximum atomic E-state index is 13.4. The number of likely N-dealkylation sites (tertiary alicyclic amines) is 1. The number of carboxylic acids is 1. The van der Waals surface area contributed by atoms with E-state index in [1.165, 1.54) is 51.4 Å². The zero-order valence-electron chi connectivity index (χ0n) is 28.2. The predicted molar refractivity (Wildman–Crippen MR) is 187 cm³/mol. The summed E-state index contributed by atoms with van der Waals surface area (Å²) < 4.78 is 6.33. The summed E-state index contributed by atoms with van der Waals surface area (Å²) in [6.45, 7) is 13.1. The molecule has 1 heterocycles. The van der Waals surface area contributed by atoms with Crippen LogP contribution in [-0.2, 0) is 16.1 Å². The Hall–Kier alpha value is -2.35. The molecule has 0 spiro atoms. The molecule has 1 aliphatic carbocycles. The third-order valence-corrected chi connectivity index (χ3v) is 9.08. The summed E-state index contributed by atoms with van der Waals surface area (Å²) >= 11 is 1.57. The number of nitrogens with one attached hydrogen (secondary N) is 1. The van der Waals surface area contributed by atoms with Gasteiger partial charge in [-0.05, 0) is 92.0 Å². The van der Waals surface area contributed by atoms with Gasteiger partial charge in [0.1, 0.15) is 6.04 Å². The highest BCUT2D eigenvalue weighted by Gasteiger charge is 2.27. The molecule has 2 fully saturated rings. The highest BCUT2D eigenvalue weighted by atomic mass is 32.2. The molecule has 1 saturated heterocycles. The number of carboxylic acid groups (broad SMARTS) is 1. The van der Waals surface area contributed by atoms with Gasteiger partial charge in [-0.1, -0.05) is 90.1 Å². The number of amides is 1. The predicted octanol–water partition coefficient (Wildman–Crippen LogP) is 8.74. The second kappa shape index (κ2) is 21.4. The van der Waals surface area contributed by atoms with E-state index in [2.05, 4.69) is 30.1 Å². The lowest BCUT2D eigenvalue weighted by Gasteiger charge is -2.28. The van der Waals surface area contributed by atoms with Crippen molar-refractivity contribution in [3.8, 4) is 11.1 Å². The first-order valence-corrected chi connectivity index (χ1v) is 18.3. The Kier molecular flexibility index (Phi) is 18.4. The number of carbonyl (C=O) groups is 2. The van der Waals surface area contributed by atoms with Crippen molar-refractivity contribution in [2.75, 3.05) is 25.2 Å². The first kappa shape index (κ1) is 37.8. The third-order valence-electron chi connectivity index (χ3n) is 8.44. The van der Waals surface area contributed by atoms with Gasteiger partial charge in [-0.25, -0.2) is 4.79 Å². The van der Waals surface area contributed by atoms with Crippen LogP contribution in [0.25, 0.3) is 11.1 Å². The molecule has 2 N–H and O–H groups in total. The number of thioether (sulfide) groups is 1. The summed E-state index contributed by atoms with van der Waals surface area (Å²) in [5.41, 5.74) is 4.59. The maximum absolute atomic E-state index is 13.4. The van der Waals surface area contributed by atoms with Gasteiger partial charge in [0.05, 0.1) is 12.7 Å². The van der Waals surface area contributed by atoms with Crippen molar-refractivity contribution in [2.24, 2.45) is 0 Å². The minimum absolute atomic E-state index is 0.344. The number of aliphatic carboxylic acids is 1. The van der Waals surface area contributed by atoms with Crippen molar-refractivity contribution in [1.82, 2.24) is 10.2 Å². The lowest BCUT2D eigenvalue weighted by molar-refractivity contribution is -0.139. The average molecular weight is 627 g/mol. The zero-order valence-corrected chi connectivity index (χ0v) is 29.0. The standard InChI is InChI=1S/C31H42N2O4S.C4H10.C2H6/c1-22-9-6-7-13-26(22)28-19-23(14-15-27(28)30(34)32-29(31(35)36)16-18-38-2)20-33-17-8-10-24(33)21-37-25-11-4-3-5-12-25;1-3-4-2;1-2/h6-7,9,13-15,19,24-25,29H,3-5,8,10-12,16-18,20-21H2,1-2H3,(H,32,34)(H,35,36);3-4H2,1-2H3;1-2H3/t24-,29?;;/m0../s1. The molecule has 0 radical (unpaired) electrons. The second-order valence-corrected chi connectivity index (χ2v) is 12.7. The Labute approximate surface area is 271 Å². The highest BCUT2D eigenvalue weighted by Crippen LogP contribution is 2.30. The second-order valence-electron chi connectivity index (χ2n) is 11.7. The number of benzene rings is 2. The van der Waals surface area contributed by atoms with Crippen LogP contribution in [0.3, 0.4) is 0 Å². The molecule has 246 valence electrons. The van der Waals surface area contributed by atoms with Crippen LogP contribution < -0.4 is 5.32 Å². The van der Waals surface area contributed by atoms with Gasteiger partial charge in [-0.3, -0.25) is 9.69 Å². The Morgan fingerprint density at radius 1 is 1.00 bits per heavy atom. The molecule has 1 aliphatic heterocycles. The van der Waals surface area contributed by atoms with E-state index in [1.807, 2.05) is 63.4 Å². The van der Waals surface area contributed by atoms with Crippen molar-refractivity contribution in [3.63, 3.8) is 0 Å². The Morgan fingerprint density at radius 3 is 2.34 bits per heavy atom. The summed E-state index contributed by atoms with van der Waals surface area (Å²) in [6.07, 6.45) is 14.0. The van der Waals surface area contributed by atoms with Crippen LogP contribution in [0.4, 0.5) is 0 Å². The highest BCUT2D eigenvalue weighted by molar-refractivity contribution is 7.98. The first-order valence-electron chi connectivity index (χ1n) is 16.9. The van der Waals surface area contributed by atoms with Crippen molar-refractivity contribution in [2.45, 2.75) is 124 Å². The number of rotatable bonds is 13. The molecule has 2 aliphatic rings. The molecule has 2 atom stereocenters. The summed E-state index contributed by atoms with van der Waals surface area (Å²) in [6, 6.07) is 13.6. The lowest BCUT2D eigenvalue weighted by Crippen LogP contribution is -2.41. The molecule has 1 amide bonds. The quantitative estimate of drug-likeness (QED) is 0.231. The number of carbonyl (C=O) groups excluding carboxylic acids is 1. The van der Waals surface area contributed by atoms with E-state index in [0.29, 0.717) is 29.9 Å². The number of ether oxygens (including phenoxy) is 1. The molecule has 7 heteroatoms. The van der Waals surface area contributed by atoms with Crippen LogP contribution in [0.2, 0.25) is 0 Å². The van der Waals surface area contributed by atoms with E-state index in [9.17, 15) is 14.7 Å². The van der Waals surface area contributed by atoms with Crippen LogP contribution in [-0.4, -0.2) is 65.2 Å². The van der Waals surface area contributed by atoms with Crippen molar-refractivity contribution < 1.29 is 19.4 Å². The van der Waals surface area contributed by atoms with Crippen molar-refractivity contribution in [3.05, 3.63) is 59.2 Å². The van der Waals surface area contributed by atoms with Gasteiger partial charge in [0.2, 0.25) is 0 Å². The monoisotopic (exact) mass is 626 g/mol. The van der Waals surface area contributed by atoms with Crippen LogP contribution in [0.1, 0.15) is 113 Å². The van der Waals surface area contributed by atoms with Crippen LogP contribution >= 0.6 is 11.8 Å². The topological polar surface area (TPSA) is 78.9 Å². The number of nitrogens with zero attached hydrogens (tertiary/aromatic N) is 1. The van der Waals surface area contributed by atoms with Gasteiger partial charge < -0.3 is 15.2 Å². The minimum atomic E-state index is -1.00. The zero-order chi connectivity index (χ0) is 32.3. The molecule has 2 aromatic carbocycles. The number of unbranched alkanes of at least 4 members (excludes halogenated alkanes) is 1. The summed E-state index contributed by atoms with van der Waals surface area (Å²) in [5.74, 6) is -0.678. The fourth-order valence-electron chi connectivity index (χ4n) is 5.72. The molecule has 4 rings (SSSR count). The van der Waals surface area contributed by atoms with Gasteiger partial charge in [-0.2, -0.15) is 11.8 Å². The number of hydrogen-bond donors (Lipinski definition) is 2. The van der Waals surface area contributed by atoms with Crippen molar-refractivity contribution >= 4 is 23.6 Å². The molecule has 44 heavy (non-hydrogen) atoms. The maximum Gasteiger partial charge on any atom is 0.326 e. The normalized spacial score (nSPS) is 17.5. The Bertz CT molecular complexity index is 1120. The summed E-state index contributed by atoms with van der Waals surface area (Å²) in [5, 5.41) is 12.4. The largest absolute Gasteiger partial charge is 0.480 e. The van der Waals surface area contributed by atoms with Crippen LogP contribution in [0.15, 0.2) is 42.5 Å². The molecule has 0 aromatic heterocycles. The summed E-state index contributed by atoms with van der Waals surface area (Å²) in [4.78, 5) is 27.7. The first-order chi connectivity index (χ1) is 21.4. The van der Waals surface area contributed by atoms with E-state index in [1.54, 1.807) is 11.8 Å². The summed E-state index contributed by atoms with van der Waals surface area (Å²) in [7, 11) is 0. The Morgan fingerprint density at radius 2 is 1.70 bits per heavy atom.